The normalized spacial score (nSPS) is 17.9. The van der Waals surface area contributed by atoms with Crippen LogP contribution in [0.15, 0.2) is 54.2 Å². The van der Waals surface area contributed by atoms with Gasteiger partial charge in [-0.3, -0.25) is 14.6 Å². The highest BCUT2D eigenvalue weighted by Crippen LogP contribution is 2.24. The Labute approximate surface area is 145 Å². The minimum absolute atomic E-state index is 0.109. The molecule has 1 aromatic heterocycles. The summed E-state index contributed by atoms with van der Waals surface area (Å²) < 4.78 is 1.88. The standard InChI is InChI=1S/C17H20N6O2/c1-12(10-22-8-7-19-11-22)20-17(25)14-9-15(16(18)24)23(21-14)13-5-3-2-4-6-13/h2-8,11-12,15H,9-10H2,1H3,(H2,18,24)(H,20,25). The van der Waals surface area contributed by atoms with E-state index in [-0.39, 0.29) is 18.4 Å². The number of carbonyl (C=O) groups is 2. The zero-order valence-electron chi connectivity index (χ0n) is 13.9. The zero-order chi connectivity index (χ0) is 17.8. The van der Waals surface area contributed by atoms with Gasteiger partial charge in [-0.05, 0) is 19.1 Å². The zero-order valence-corrected chi connectivity index (χ0v) is 13.9. The summed E-state index contributed by atoms with van der Waals surface area (Å²) in [6.45, 7) is 2.49. The van der Waals surface area contributed by atoms with E-state index in [1.165, 1.54) is 5.01 Å². The minimum atomic E-state index is -0.660. The molecule has 2 unspecified atom stereocenters. The number of benzene rings is 1. The molecule has 2 amide bonds. The summed E-state index contributed by atoms with van der Waals surface area (Å²) in [7, 11) is 0. The minimum Gasteiger partial charge on any atom is -0.368 e. The fourth-order valence-electron chi connectivity index (χ4n) is 2.75. The van der Waals surface area contributed by atoms with Gasteiger partial charge in [-0.25, -0.2) is 4.98 Å². The van der Waals surface area contributed by atoms with Crippen molar-refractivity contribution in [2.45, 2.75) is 32.0 Å². The summed E-state index contributed by atoms with van der Waals surface area (Å²) in [6, 6.07) is 8.43. The van der Waals surface area contributed by atoms with E-state index < -0.39 is 11.9 Å². The first-order valence-electron chi connectivity index (χ1n) is 8.02. The van der Waals surface area contributed by atoms with Crippen molar-refractivity contribution in [1.29, 1.82) is 0 Å². The van der Waals surface area contributed by atoms with Gasteiger partial charge in [-0.2, -0.15) is 5.10 Å². The maximum absolute atomic E-state index is 12.5. The number of aromatic nitrogens is 2. The van der Waals surface area contributed by atoms with Gasteiger partial charge in [0.05, 0.1) is 12.0 Å². The Morgan fingerprint density at radius 1 is 1.36 bits per heavy atom. The molecular formula is C17H20N6O2. The Morgan fingerprint density at radius 2 is 2.12 bits per heavy atom. The van der Waals surface area contributed by atoms with Crippen molar-refractivity contribution in [3.8, 4) is 0 Å². The van der Waals surface area contributed by atoms with Gasteiger partial charge in [0.2, 0.25) is 5.91 Å². The van der Waals surface area contributed by atoms with Crippen molar-refractivity contribution in [3.63, 3.8) is 0 Å². The average Bonchev–Trinajstić information content (AvgIpc) is 3.24. The van der Waals surface area contributed by atoms with Crippen molar-refractivity contribution in [1.82, 2.24) is 14.9 Å². The third kappa shape index (κ3) is 3.85. The fraction of sp³-hybridized carbons (Fsp3) is 0.294. The summed E-state index contributed by atoms with van der Waals surface area (Å²) in [4.78, 5) is 28.2. The molecule has 8 nitrogen and oxygen atoms in total. The summed E-state index contributed by atoms with van der Waals surface area (Å²) in [5, 5.41) is 8.74. The lowest BCUT2D eigenvalue weighted by Gasteiger charge is -2.20. The van der Waals surface area contributed by atoms with Crippen LogP contribution in [0.1, 0.15) is 13.3 Å². The topological polar surface area (TPSA) is 106 Å². The second-order valence-electron chi connectivity index (χ2n) is 5.98. The number of hydrogen-bond acceptors (Lipinski definition) is 5. The Morgan fingerprint density at radius 3 is 2.76 bits per heavy atom. The molecule has 130 valence electrons. The molecule has 0 saturated heterocycles. The molecule has 25 heavy (non-hydrogen) atoms. The van der Waals surface area contributed by atoms with Crippen LogP contribution < -0.4 is 16.1 Å². The van der Waals surface area contributed by atoms with Crippen molar-refractivity contribution in [3.05, 3.63) is 49.1 Å². The molecule has 0 bridgehead atoms. The van der Waals surface area contributed by atoms with Crippen molar-refractivity contribution < 1.29 is 9.59 Å². The predicted octanol–water partition coefficient (Wildman–Crippen LogP) is 0.508. The number of nitrogens with one attached hydrogen (secondary N) is 1. The predicted molar refractivity (Wildman–Crippen MR) is 93.8 cm³/mol. The second-order valence-corrected chi connectivity index (χ2v) is 5.98. The van der Waals surface area contributed by atoms with Crippen LogP contribution in [0, 0.1) is 0 Å². The van der Waals surface area contributed by atoms with Gasteiger partial charge < -0.3 is 15.6 Å². The molecule has 2 atom stereocenters. The lowest BCUT2D eigenvalue weighted by molar-refractivity contribution is -0.119. The van der Waals surface area contributed by atoms with Gasteiger partial charge in [-0.1, -0.05) is 18.2 Å². The first kappa shape index (κ1) is 16.7. The van der Waals surface area contributed by atoms with Gasteiger partial charge in [-0.15, -0.1) is 0 Å². The monoisotopic (exact) mass is 340 g/mol. The number of primary amides is 1. The second kappa shape index (κ2) is 7.16. The van der Waals surface area contributed by atoms with Gasteiger partial charge in [0.15, 0.2) is 0 Å². The lowest BCUT2D eigenvalue weighted by atomic mass is 10.1. The van der Waals surface area contributed by atoms with E-state index in [0.717, 1.165) is 5.69 Å². The highest BCUT2D eigenvalue weighted by molar-refractivity contribution is 6.40. The fourth-order valence-corrected chi connectivity index (χ4v) is 2.75. The molecule has 0 aliphatic carbocycles. The van der Waals surface area contributed by atoms with E-state index in [0.29, 0.717) is 12.3 Å². The summed E-state index contributed by atoms with van der Waals surface area (Å²) in [6.07, 6.45) is 5.39. The summed E-state index contributed by atoms with van der Waals surface area (Å²) in [5.41, 5.74) is 6.50. The lowest BCUT2D eigenvalue weighted by Crippen LogP contribution is -2.41. The SMILES string of the molecule is CC(Cn1ccnc1)NC(=O)C1=NN(c2ccccc2)C(C(N)=O)C1. The van der Waals surface area contributed by atoms with Crippen molar-refractivity contribution in [2.75, 3.05) is 5.01 Å². The maximum Gasteiger partial charge on any atom is 0.267 e. The van der Waals surface area contributed by atoms with Crippen LogP contribution >= 0.6 is 0 Å². The molecule has 0 spiro atoms. The average molecular weight is 340 g/mol. The van der Waals surface area contributed by atoms with Gasteiger partial charge >= 0.3 is 0 Å². The van der Waals surface area contributed by atoms with E-state index >= 15 is 0 Å². The summed E-state index contributed by atoms with van der Waals surface area (Å²) in [5.74, 6) is -0.806. The third-order valence-corrected chi connectivity index (χ3v) is 3.94. The number of nitrogens with two attached hydrogens (primary N) is 1. The Hall–Kier alpha value is -3.16. The summed E-state index contributed by atoms with van der Waals surface area (Å²) >= 11 is 0. The molecule has 2 heterocycles. The van der Waals surface area contributed by atoms with Crippen molar-refractivity contribution in [2.24, 2.45) is 10.8 Å². The number of rotatable bonds is 6. The van der Waals surface area contributed by atoms with Gasteiger partial charge in [0.25, 0.3) is 5.91 Å². The van der Waals surface area contributed by atoms with Crippen LogP contribution in [0.4, 0.5) is 5.69 Å². The Bertz CT molecular complexity index is 772. The van der Waals surface area contributed by atoms with Crippen LogP contribution in [0.3, 0.4) is 0 Å². The van der Waals surface area contributed by atoms with E-state index in [1.807, 2.05) is 48.0 Å². The molecule has 1 aliphatic rings. The first-order valence-corrected chi connectivity index (χ1v) is 8.02. The van der Waals surface area contributed by atoms with Crippen LogP contribution in [-0.2, 0) is 16.1 Å². The van der Waals surface area contributed by atoms with E-state index in [4.69, 9.17) is 5.73 Å². The van der Waals surface area contributed by atoms with E-state index in [9.17, 15) is 9.59 Å². The Balaban J connectivity index is 1.70. The maximum atomic E-state index is 12.5. The molecule has 0 fully saturated rings. The van der Waals surface area contributed by atoms with Crippen LogP contribution in [0.25, 0.3) is 0 Å². The number of hydrogen-bond donors (Lipinski definition) is 2. The van der Waals surface area contributed by atoms with E-state index in [2.05, 4.69) is 15.4 Å². The quantitative estimate of drug-likeness (QED) is 0.799. The Kier molecular flexibility index (Phi) is 4.78. The van der Waals surface area contributed by atoms with Crippen molar-refractivity contribution >= 4 is 23.2 Å². The molecule has 1 aliphatic heterocycles. The van der Waals surface area contributed by atoms with Crippen LogP contribution in [0.2, 0.25) is 0 Å². The number of nitrogens with zero attached hydrogens (tertiary/aromatic N) is 4. The van der Waals surface area contributed by atoms with Gasteiger partial charge in [0.1, 0.15) is 11.8 Å². The molecular weight excluding hydrogens is 320 g/mol. The number of amides is 2. The van der Waals surface area contributed by atoms with Crippen LogP contribution in [-0.4, -0.2) is 39.2 Å². The molecule has 0 saturated carbocycles. The number of imidazole rings is 1. The smallest absolute Gasteiger partial charge is 0.267 e. The number of carbonyl (C=O) groups excluding carboxylic acids is 2. The highest BCUT2D eigenvalue weighted by Gasteiger charge is 2.35. The molecule has 2 aromatic rings. The van der Waals surface area contributed by atoms with E-state index in [1.54, 1.807) is 12.5 Å². The molecule has 8 heteroatoms. The highest BCUT2D eigenvalue weighted by atomic mass is 16.2. The number of hydrazone groups is 1. The molecule has 3 N–H and O–H groups in total. The number of para-hydroxylation sites is 1. The van der Waals surface area contributed by atoms with Gasteiger partial charge in [0, 0.05) is 31.4 Å². The largest absolute Gasteiger partial charge is 0.368 e. The molecule has 0 radical (unpaired) electrons. The third-order valence-electron chi connectivity index (χ3n) is 3.94. The molecule has 1 aromatic carbocycles. The number of anilines is 1. The first-order chi connectivity index (χ1) is 12.0. The van der Waals surface area contributed by atoms with Crippen LogP contribution in [0.5, 0.6) is 0 Å². The molecule has 3 rings (SSSR count).